The number of hydrogen-bond acceptors (Lipinski definition) is 4. The molecule has 0 saturated heterocycles. The number of halogens is 1. The lowest BCUT2D eigenvalue weighted by Gasteiger charge is -2.12. The van der Waals surface area contributed by atoms with Crippen LogP contribution in [0, 0.1) is 12.7 Å². The summed E-state index contributed by atoms with van der Waals surface area (Å²) in [6.07, 6.45) is 0. The lowest BCUT2D eigenvalue weighted by Crippen LogP contribution is -2.35. The summed E-state index contributed by atoms with van der Waals surface area (Å²) in [6.45, 7) is 1.59. The fraction of sp³-hybridized carbons (Fsp3) is 0.200. The van der Waals surface area contributed by atoms with Crippen LogP contribution in [0.3, 0.4) is 0 Å². The number of nitrogens with one attached hydrogen (secondary N) is 2. The van der Waals surface area contributed by atoms with E-state index in [1.54, 1.807) is 12.3 Å². The van der Waals surface area contributed by atoms with Crippen molar-refractivity contribution in [3.8, 4) is 0 Å². The van der Waals surface area contributed by atoms with Crippen LogP contribution in [0.5, 0.6) is 0 Å². The first kappa shape index (κ1) is 12.9. The lowest BCUT2D eigenvalue weighted by molar-refractivity contribution is 0.0600. The third-order valence-corrected chi connectivity index (χ3v) is 2.12. The van der Waals surface area contributed by atoms with Crippen LogP contribution >= 0.6 is 0 Å². The second-order valence-electron chi connectivity index (χ2n) is 3.20. The molecule has 1 aromatic rings. The standard InChI is InChI=1S/C10H12FN3O3/c1-5-3-4-6(11)8(13-10(16)14-12)7(5)9(15)17-2/h3-4H,12H2,1-2H3,(H2,13,14,16). The van der Waals surface area contributed by atoms with Gasteiger partial charge in [-0.2, -0.15) is 0 Å². The van der Waals surface area contributed by atoms with Gasteiger partial charge in [-0.15, -0.1) is 0 Å². The minimum absolute atomic E-state index is 0.0453. The number of hydrogen-bond donors (Lipinski definition) is 3. The van der Waals surface area contributed by atoms with Gasteiger partial charge in [0.15, 0.2) is 0 Å². The molecule has 0 radical (unpaired) electrons. The molecule has 0 spiro atoms. The number of carbonyl (C=O) groups is 2. The van der Waals surface area contributed by atoms with Crippen molar-refractivity contribution in [1.82, 2.24) is 5.43 Å². The molecule has 4 N–H and O–H groups in total. The van der Waals surface area contributed by atoms with E-state index >= 15 is 0 Å². The van der Waals surface area contributed by atoms with E-state index in [1.165, 1.54) is 13.2 Å². The molecule has 0 heterocycles. The third kappa shape index (κ3) is 2.70. The molecule has 2 amide bonds. The molecule has 92 valence electrons. The van der Waals surface area contributed by atoms with Gasteiger partial charge >= 0.3 is 12.0 Å². The summed E-state index contributed by atoms with van der Waals surface area (Å²) in [5.41, 5.74) is 1.94. The molecule has 0 aliphatic rings. The van der Waals surface area contributed by atoms with Crippen LogP contribution in [0.25, 0.3) is 0 Å². The van der Waals surface area contributed by atoms with E-state index in [0.717, 1.165) is 6.07 Å². The number of aryl methyl sites for hydroxylation is 1. The minimum Gasteiger partial charge on any atom is -0.465 e. The molecule has 6 nitrogen and oxygen atoms in total. The van der Waals surface area contributed by atoms with Crippen molar-refractivity contribution < 1.29 is 18.7 Å². The predicted octanol–water partition coefficient (Wildman–Crippen LogP) is 0.916. The number of urea groups is 1. The Morgan fingerprint density at radius 3 is 2.59 bits per heavy atom. The number of esters is 1. The maximum atomic E-state index is 13.5. The molecule has 0 saturated carbocycles. The van der Waals surface area contributed by atoms with Gasteiger partial charge in [-0.05, 0) is 18.6 Å². The zero-order chi connectivity index (χ0) is 13.0. The SMILES string of the molecule is COC(=O)c1c(C)ccc(F)c1NC(=O)NN. The van der Waals surface area contributed by atoms with E-state index in [0.29, 0.717) is 5.56 Å². The summed E-state index contributed by atoms with van der Waals surface area (Å²) in [5, 5.41) is 2.13. The van der Waals surface area contributed by atoms with Crippen molar-refractivity contribution in [1.29, 1.82) is 0 Å². The van der Waals surface area contributed by atoms with Gasteiger partial charge in [0.25, 0.3) is 0 Å². The molecular formula is C10H12FN3O3. The van der Waals surface area contributed by atoms with Crippen LogP contribution in [0.1, 0.15) is 15.9 Å². The van der Waals surface area contributed by atoms with E-state index in [9.17, 15) is 14.0 Å². The number of ether oxygens (including phenoxy) is 1. The average Bonchev–Trinajstić information content (AvgIpc) is 2.33. The topological polar surface area (TPSA) is 93.4 Å². The van der Waals surface area contributed by atoms with E-state index in [-0.39, 0.29) is 11.3 Å². The smallest absolute Gasteiger partial charge is 0.340 e. The zero-order valence-corrected chi connectivity index (χ0v) is 9.33. The van der Waals surface area contributed by atoms with Crippen molar-refractivity contribution in [3.63, 3.8) is 0 Å². The second-order valence-corrected chi connectivity index (χ2v) is 3.20. The van der Waals surface area contributed by atoms with Crippen LogP contribution in [-0.2, 0) is 4.74 Å². The van der Waals surface area contributed by atoms with Crippen molar-refractivity contribution in [3.05, 3.63) is 29.1 Å². The Kier molecular flexibility index (Phi) is 4.00. The Labute approximate surface area is 96.9 Å². The summed E-state index contributed by atoms with van der Waals surface area (Å²) in [6, 6.07) is 1.71. The summed E-state index contributed by atoms with van der Waals surface area (Å²) in [7, 11) is 1.17. The first-order valence-electron chi connectivity index (χ1n) is 4.66. The highest BCUT2D eigenvalue weighted by Crippen LogP contribution is 2.24. The van der Waals surface area contributed by atoms with Gasteiger partial charge in [-0.1, -0.05) is 6.07 Å². The van der Waals surface area contributed by atoms with Crippen LogP contribution in [0.4, 0.5) is 14.9 Å². The summed E-state index contributed by atoms with van der Waals surface area (Å²) in [5.74, 6) is 3.37. The maximum Gasteiger partial charge on any atom is 0.340 e. The molecule has 0 aromatic heterocycles. The first-order valence-corrected chi connectivity index (χ1v) is 4.66. The largest absolute Gasteiger partial charge is 0.465 e. The summed E-state index contributed by atoms with van der Waals surface area (Å²) >= 11 is 0. The summed E-state index contributed by atoms with van der Waals surface area (Å²) in [4.78, 5) is 22.5. The van der Waals surface area contributed by atoms with Gasteiger partial charge in [-0.25, -0.2) is 19.8 Å². The normalized spacial score (nSPS) is 9.65. The highest BCUT2D eigenvalue weighted by molar-refractivity contribution is 6.02. The Bertz CT molecular complexity index is 462. The third-order valence-electron chi connectivity index (χ3n) is 2.12. The molecule has 0 bridgehead atoms. The fourth-order valence-electron chi connectivity index (χ4n) is 1.32. The number of rotatable bonds is 2. The first-order chi connectivity index (χ1) is 8.01. The number of amides is 2. The Morgan fingerprint density at radius 2 is 2.06 bits per heavy atom. The number of carbonyl (C=O) groups excluding carboxylic acids is 2. The van der Waals surface area contributed by atoms with Gasteiger partial charge in [0, 0.05) is 0 Å². The minimum atomic E-state index is -0.834. The molecule has 0 aliphatic carbocycles. The zero-order valence-electron chi connectivity index (χ0n) is 9.33. The van der Waals surface area contributed by atoms with Crippen molar-refractivity contribution in [2.75, 3.05) is 12.4 Å². The van der Waals surface area contributed by atoms with Gasteiger partial charge in [0.2, 0.25) is 0 Å². The predicted molar refractivity (Wildman–Crippen MR) is 58.8 cm³/mol. The van der Waals surface area contributed by atoms with Crippen LogP contribution in [0.15, 0.2) is 12.1 Å². The Hall–Kier alpha value is -2.15. The van der Waals surface area contributed by atoms with Crippen molar-refractivity contribution in [2.24, 2.45) is 5.84 Å². The van der Waals surface area contributed by atoms with Crippen molar-refractivity contribution in [2.45, 2.75) is 6.92 Å². The number of hydrazine groups is 1. The quantitative estimate of drug-likeness (QED) is 0.310. The van der Waals surface area contributed by atoms with E-state index in [1.807, 2.05) is 0 Å². The number of methoxy groups -OCH3 is 1. The molecule has 0 unspecified atom stereocenters. The average molecular weight is 241 g/mol. The number of anilines is 1. The lowest BCUT2D eigenvalue weighted by atomic mass is 10.1. The maximum absolute atomic E-state index is 13.5. The van der Waals surface area contributed by atoms with Crippen LogP contribution in [-0.4, -0.2) is 19.1 Å². The van der Waals surface area contributed by atoms with Crippen LogP contribution < -0.4 is 16.6 Å². The van der Waals surface area contributed by atoms with E-state index < -0.39 is 17.8 Å². The van der Waals surface area contributed by atoms with E-state index in [4.69, 9.17) is 5.84 Å². The number of nitrogens with two attached hydrogens (primary N) is 1. The van der Waals surface area contributed by atoms with Crippen molar-refractivity contribution >= 4 is 17.7 Å². The summed E-state index contributed by atoms with van der Waals surface area (Å²) < 4.78 is 18.1. The highest BCUT2D eigenvalue weighted by atomic mass is 19.1. The molecule has 7 heteroatoms. The second kappa shape index (κ2) is 5.26. The molecule has 1 aromatic carbocycles. The number of benzene rings is 1. The molecule has 0 fully saturated rings. The fourth-order valence-corrected chi connectivity index (χ4v) is 1.32. The Morgan fingerprint density at radius 1 is 1.41 bits per heavy atom. The van der Waals surface area contributed by atoms with E-state index in [2.05, 4.69) is 10.1 Å². The van der Waals surface area contributed by atoms with Crippen LogP contribution in [0.2, 0.25) is 0 Å². The molecular weight excluding hydrogens is 229 g/mol. The van der Waals surface area contributed by atoms with Gasteiger partial charge in [-0.3, -0.25) is 5.43 Å². The molecule has 1 rings (SSSR count). The van der Waals surface area contributed by atoms with Gasteiger partial charge < -0.3 is 10.1 Å². The molecule has 0 aliphatic heterocycles. The monoisotopic (exact) mass is 241 g/mol. The van der Waals surface area contributed by atoms with Gasteiger partial charge in [0.05, 0.1) is 18.4 Å². The molecule has 0 atom stereocenters. The van der Waals surface area contributed by atoms with Gasteiger partial charge in [0.1, 0.15) is 5.82 Å². The molecule has 17 heavy (non-hydrogen) atoms. The Balaban J connectivity index is 3.29. The highest BCUT2D eigenvalue weighted by Gasteiger charge is 2.20.